The maximum absolute atomic E-state index is 11.5. The summed E-state index contributed by atoms with van der Waals surface area (Å²) in [6.07, 6.45) is 4.18. The van der Waals surface area contributed by atoms with E-state index in [1.165, 1.54) is 0 Å². The van der Waals surface area contributed by atoms with Crippen molar-refractivity contribution in [3.63, 3.8) is 0 Å². The molecule has 1 aliphatic rings. The summed E-state index contributed by atoms with van der Waals surface area (Å²) < 4.78 is 0. The predicted molar refractivity (Wildman–Crippen MR) is 48.6 cm³/mol. The van der Waals surface area contributed by atoms with Crippen molar-refractivity contribution < 1.29 is 4.79 Å². The van der Waals surface area contributed by atoms with Crippen molar-refractivity contribution in [1.29, 1.82) is 0 Å². The molecule has 2 atom stereocenters. The standard InChI is InChI=1S/C9H18N2O/c1-9(8(12)11-2)6-4-3-5-7(9)10/h7H,3-6,10H2,1-2H3,(H,11,12). The van der Waals surface area contributed by atoms with Crippen LogP contribution in [0.25, 0.3) is 0 Å². The predicted octanol–water partition coefficient (Wildman–Crippen LogP) is 0.640. The van der Waals surface area contributed by atoms with Gasteiger partial charge in [0.25, 0.3) is 0 Å². The Kier molecular flexibility index (Phi) is 2.73. The Labute approximate surface area is 73.7 Å². The summed E-state index contributed by atoms with van der Waals surface area (Å²) in [5.74, 6) is 0.0923. The van der Waals surface area contributed by atoms with E-state index < -0.39 is 0 Å². The molecule has 12 heavy (non-hydrogen) atoms. The lowest BCUT2D eigenvalue weighted by Gasteiger charge is -2.37. The van der Waals surface area contributed by atoms with E-state index in [1.54, 1.807) is 7.05 Å². The van der Waals surface area contributed by atoms with E-state index in [4.69, 9.17) is 5.73 Å². The summed E-state index contributed by atoms with van der Waals surface area (Å²) >= 11 is 0. The van der Waals surface area contributed by atoms with Crippen molar-refractivity contribution in [2.75, 3.05) is 7.05 Å². The normalized spacial score (nSPS) is 36.1. The molecule has 0 saturated heterocycles. The maximum atomic E-state index is 11.5. The zero-order chi connectivity index (χ0) is 9.19. The fourth-order valence-electron chi connectivity index (χ4n) is 1.93. The van der Waals surface area contributed by atoms with Crippen molar-refractivity contribution in [3.8, 4) is 0 Å². The third-order valence-electron chi connectivity index (χ3n) is 3.03. The fourth-order valence-corrected chi connectivity index (χ4v) is 1.93. The molecule has 1 rings (SSSR count). The number of rotatable bonds is 1. The summed E-state index contributed by atoms with van der Waals surface area (Å²) in [7, 11) is 1.68. The molecule has 2 unspecified atom stereocenters. The van der Waals surface area contributed by atoms with E-state index in [2.05, 4.69) is 5.32 Å². The van der Waals surface area contributed by atoms with Gasteiger partial charge in [0, 0.05) is 13.1 Å². The third kappa shape index (κ3) is 1.46. The Morgan fingerprint density at radius 1 is 1.58 bits per heavy atom. The second-order valence-corrected chi connectivity index (χ2v) is 3.85. The van der Waals surface area contributed by atoms with E-state index in [1.807, 2.05) is 6.92 Å². The van der Waals surface area contributed by atoms with Crippen LogP contribution in [0.2, 0.25) is 0 Å². The van der Waals surface area contributed by atoms with Gasteiger partial charge in [-0.1, -0.05) is 12.8 Å². The fraction of sp³-hybridized carbons (Fsp3) is 0.889. The summed E-state index contributed by atoms with van der Waals surface area (Å²) in [6, 6.07) is 0.0335. The molecule has 0 aromatic heterocycles. The topological polar surface area (TPSA) is 55.1 Å². The first-order valence-electron chi connectivity index (χ1n) is 4.59. The lowest BCUT2D eigenvalue weighted by molar-refractivity contribution is -0.132. The Morgan fingerprint density at radius 3 is 2.75 bits per heavy atom. The number of nitrogens with two attached hydrogens (primary N) is 1. The molecular formula is C9H18N2O. The van der Waals surface area contributed by atoms with Gasteiger partial charge >= 0.3 is 0 Å². The number of carbonyl (C=O) groups excluding carboxylic acids is 1. The molecule has 3 N–H and O–H groups in total. The minimum Gasteiger partial charge on any atom is -0.359 e. The summed E-state index contributed by atoms with van der Waals surface area (Å²) in [5, 5.41) is 2.69. The molecule has 70 valence electrons. The minimum atomic E-state index is -0.326. The minimum absolute atomic E-state index is 0.0335. The van der Waals surface area contributed by atoms with Crippen molar-refractivity contribution in [3.05, 3.63) is 0 Å². The lowest BCUT2D eigenvalue weighted by Crippen LogP contribution is -2.51. The van der Waals surface area contributed by atoms with Gasteiger partial charge in [0.1, 0.15) is 0 Å². The van der Waals surface area contributed by atoms with Crippen LogP contribution in [0.4, 0.5) is 0 Å². The highest BCUT2D eigenvalue weighted by molar-refractivity contribution is 5.82. The molecule has 1 fully saturated rings. The zero-order valence-corrected chi connectivity index (χ0v) is 7.89. The van der Waals surface area contributed by atoms with Gasteiger partial charge in [0.05, 0.1) is 5.41 Å². The number of nitrogens with one attached hydrogen (secondary N) is 1. The first-order valence-corrected chi connectivity index (χ1v) is 4.59. The monoisotopic (exact) mass is 170 g/mol. The Morgan fingerprint density at radius 2 is 2.25 bits per heavy atom. The summed E-state index contributed by atoms with van der Waals surface area (Å²) in [6.45, 7) is 1.97. The van der Waals surface area contributed by atoms with Gasteiger partial charge in [-0.05, 0) is 19.8 Å². The van der Waals surface area contributed by atoms with Crippen LogP contribution in [-0.4, -0.2) is 19.0 Å². The molecule has 3 nitrogen and oxygen atoms in total. The van der Waals surface area contributed by atoms with Gasteiger partial charge in [-0.3, -0.25) is 4.79 Å². The molecule has 0 radical (unpaired) electrons. The summed E-state index contributed by atoms with van der Waals surface area (Å²) in [5.41, 5.74) is 5.60. The first-order chi connectivity index (χ1) is 5.61. The Hall–Kier alpha value is -0.570. The van der Waals surface area contributed by atoms with E-state index in [9.17, 15) is 4.79 Å². The van der Waals surface area contributed by atoms with Crippen LogP contribution in [0.5, 0.6) is 0 Å². The summed E-state index contributed by atoms with van der Waals surface area (Å²) in [4.78, 5) is 11.5. The van der Waals surface area contributed by atoms with Gasteiger partial charge in [0.2, 0.25) is 5.91 Å². The van der Waals surface area contributed by atoms with Crippen LogP contribution >= 0.6 is 0 Å². The maximum Gasteiger partial charge on any atom is 0.227 e. The van der Waals surface area contributed by atoms with Gasteiger partial charge < -0.3 is 11.1 Å². The van der Waals surface area contributed by atoms with Crippen LogP contribution < -0.4 is 11.1 Å². The number of amides is 1. The van der Waals surface area contributed by atoms with E-state index in [0.717, 1.165) is 25.7 Å². The highest BCUT2D eigenvalue weighted by atomic mass is 16.2. The smallest absolute Gasteiger partial charge is 0.227 e. The van der Waals surface area contributed by atoms with E-state index in [0.29, 0.717) is 0 Å². The average molecular weight is 170 g/mol. The molecule has 1 aliphatic carbocycles. The van der Waals surface area contributed by atoms with Gasteiger partial charge in [-0.25, -0.2) is 0 Å². The van der Waals surface area contributed by atoms with Crippen molar-refractivity contribution in [2.45, 2.75) is 38.6 Å². The highest BCUT2D eigenvalue weighted by Gasteiger charge is 2.40. The quantitative estimate of drug-likeness (QED) is 0.606. The van der Waals surface area contributed by atoms with Crippen LogP contribution in [0.3, 0.4) is 0 Å². The molecule has 0 heterocycles. The molecule has 1 saturated carbocycles. The van der Waals surface area contributed by atoms with Crippen LogP contribution in [0.15, 0.2) is 0 Å². The first kappa shape index (κ1) is 9.52. The van der Waals surface area contributed by atoms with Gasteiger partial charge in [-0.2, -0.15) is 0 Å². The lowest BCUT2D eigenvalue weighted by atomic mass is 9.71. The van der Waals surface area contributed by atoms with E-state index in [-0.39, 0.29) is 17.4 Å². The third-order valence-corrected chi connectivity index (χ3v) is 3.03. The number of carbonyl (C=O) groups is 1. The highest BCUT2D eigenvalue weighted by Crippen LogP contribution is 2.34. The van der Waals surface area contributed by atoms with Crippen LogP contribution in [-0.2, 0) is 4.79 Å². The largest absolute Gasteiger partial charge is 0.359 e. The molecule has 3 heteroatoms. The van der Waals surface area contributed by atoms with Gasteiger partial charge in [0.15, 0.2) is 0 Å². The Balaban J connectivity index is 2.72. The van der Waals surface area contributed by atoms with Crippen LogP contribution in [0.1, 0.15) is 32.6 Å². The van der Waals surface area contributed by atoms with Crippen molar-refractivity contribution in [1.82, 2.24) is 5.32 Å². The molecule has 0 aliphatic heterocycles. The Bertz CT molecular complexity index is 181. The van der Waals surface area contributed by atoms with Crippen molar-refractivity contribution in [2.24, 2.45) is 11.1 Å². The molecule has 0 spiro atoms. The molecule has 0 bridgehead atoms. The molecular weight excluding hydrogens is 152 g/mol. The zero-order valence-electron chi connectivity index (χ0n) is 7.89. The van der Waals surface area contributed by atoms with Crippen molar-refractivity contribution >= 4 is 5.91 Å². The second kappa shape index (κ2) is 3.44. The van der Waals surface area contributed by atoms with E-state index >= 15 is 0 Å². The number of hydrogen-bond acceptors (Lipinski definition) is 2. The van der Waals surface area contributed by atoms with Gasteiger partial charge in [-0.15, -0.1) is 0 Å². The molecule has 0 aromatic rings. The molecule has 0 aromatic carbocycles. The molecule has 1 amide bonds. The SMILES string of the molecule is CNC(=O)C1(C)CCCCC1N. The number of hydrogen-bond donors (Lipinski definition) is 2. The average Bonchev–Trinajstić information content (AvgIpc) is 2.09. The van der Waals surface area contributed by atoms with Crippen LogP contribution in [0, 0.1) is 5.41 Å². The second-order valence-electron chi connectivity index (χ2n) is 3.85.